The lowest BCUT2D eigenvalue weighted by Gasteiger charge is -2.25. The zero-order chi connectivity index (χ0) is 26.1. The molecule has 0 unspecified atom stereocenters. The largest absolute Gasteiger partial charge is 0.398 e. The minimum absolute atomic E-state index is 0.0776. The molecule has 2 heterocycles. The molecular formula is C26H30ClN7O2. The van der Waals surface area contributed by atoms with E-state index in [1.807, 2.05) is 79.9 Å². The average molecular weight is 508 g/mol. The fourth-order valence-corrected chi connectivity index (χ4v) is 4.73. The number of nitrogen functional groups attached to an aromatic ring is 1. The highest BCUT2D eigenvalue weighted by Crippen LogP contribution is 2.44. The topological polar surface area (TPSA) is 106 Å². The summed E-state index contributed by atoms with van der Waals surface area (Å²) in [6.07, 6.45) is 4.09. The molecule has 0 aliphatic heterocycles. The van der Waals surface area contributed by atoms with Crippen molar-refractivity contribution in [2.45, 2.75) is 13.3 Å². The summed E-state index contributed by atoms with van der Waals surface area (Å²) in [5.41, 5.74) is 10.8. The van der Waals surface area contributed by atoms with Crippen molar-refractivity contribution >= 4 is 39.6 Å². The van der Waals surface area contributed by atoms with Gasteiger partial charge in [0.1, 0.15) is 5.69 Å². The molecule has 10 heteroatoms. The Morgan fingerprint density at radius 2 is 1.92 bits per heavy atom. The van der Waals surface area contributed by atoms with Gasteiger partial charge in [0, 0.05) is 61.6 Å². The van der Waals surface area contributed by atoms with E-state index in [4.69, 9.17) is 22.3 Å². The molecule has 0 bridgehead atoms. The van der Waals surface area contributed by atoms with Crippen molar-refractivity contribution in [3.05, 3.63) is 63.4 Å². The number of nitro groups is 1. The van der Waals surface area contributed by atoms with Crippen LogP contribution in [0.2, 0.25) is 5.02 Å². The molecule has 9 nitrogen and oxygen atoms in total. The van der Waals surface area contributed by atoms with Crippen LogP contribution in [0.15, 0.2) is 42.7 Å². The fraction of sp³-hybridized carbons (Fsp3) is 0.308. The third kappa shape index (κ3) is 4.59. The molecule has 4 rings (SSSR count). The van der Waals surface area contributed by atoms with Crippen molar-refractivity contribution in [2.24, 2.45) is 7.05 Å². The SMILES string of the molecule is CCc1c(N)cc([N+](=O)[O-])c(N(C)CCN(C)C)c1-c1ncc(Cl)c(-c2cn(C)c3ccccc23)n1. The normalized spacial score (nSPS) is 11.4. The maximum Gasteiger partial charge on any atom is 0.295 e. The maximum absolute atomic E-state index is 12.1. The maximum atomic E-state index is 12.1. The number of likely N-dealkylation sites (N-methyl/N-ethyl adjacent to an activating group) is 2. The monoisotopic (exact) mass is 507 g/mol. The van der Waals surface area contributed by atoms with E-state index in [9.17, 15) is 10.1 Å². The Balaban J connectivity index is 2.00. The summed E-state index contributed by atoms with van der Waals surface area (Å²) in [6, 6.07) is 9.44. The van der Waals surface area contributed by atoms with Gasteiger partial charge in [0.15, 0.2) is 5.82 Å². The number of nitrogens with zero attached hydrogens (tertiary/aromatic N) is 6. The van der Waals surface area contributed by atoms with Crippen LogP contribution >= 0.6 is 11.6 Å². The Bertz CT molecular complexity index is 1450. The molecular weight excluding hydrogens is 478 g/mol. The fourth-order valence-electron chi connectivity index (χ4n) is 4.53. The van der Waals surface area contributed by atoms with Gasteiger partial charge in [-0.25, -0.2) is 9.97 Å². The smallest absolute Gasteiger partial charge is 0.295 e. The minimum atomic E-state index is -0.400. The number of benzene rings is 2. The lowest BCUT2D eigenvalue weighted by Crippen LogP contribution is -2.29. The first-order valence-electron chi connectivity index (χ1n) is 11.7. The van der Waals surface area contributed by atoms with Gasteiger partial charge in [0.25, 0.3) is 5.69 Å². The number of nitrogens with two attached hydrogens (primary N) is 1. The Kier molecular flexibility index (Phi) is 7.14. The van der Waals surface area contributed by atoms with Crippen molar-refractivity contribution in [3.63, 3.8) is 0 Å². The van der Waals surface area contributed by atoms with Crippen LogP contribution in [0.25, 0.3) is 33.5 Å². The van der Waals surface area contributed by atoms with Gasteiger partial charge in [-0.05, 0) is 32.1 Å². The molecule has 0 amide bonds. The Morgan fingerprint density at radius 1 is 1.19 bits per heavy atom. The second-order valence-electron chi connectivity index (χ2n) is 9.08. The molecule has 4 aromatic rings. The second-order valence-corrected chi connectivity index (χ2v) is 9.49. The van der Waals surface area contributed by atoms with Crippen molar-refractivity contribution in [3.8, 4) is 22.6 Å². The van der Waals surface area contributed by atoms with Crippen molar-refractivity contribution in [2.75, 3.05) is 44.9 Å². The molecule has 188 valence electrons. The summed E-state index contributed by atoms with van der Waals surface area (Å²) >= 11 is 6.62. The predicted octanol–water partition coefficient (Wildman–Crippen LogP) is 5.01. The molecule has 0 radical (unpaired) electrons. The van der Waals surface area contributed by atoms with E-state index >= 15 is 0 Å². The molecule has 36 heavy (non-hydrogen) atoms. The van der Waals surface area contributed by atoms with Crippen LogP contribution in [-0.4, -0.2) is 58.6 Å². The molecule has 0 saturated heterocycles. The van der Waals surface area contributed by atoms with Crippen LogP contribution in [-0.2, 0) is 13.5 Å². The van der Waals surface area contributed by atoms with Crippen molar-refractivity contribution < 1.29 is 4.92 Å². The predicted molar refractivity (Wildman–Crippen MR) is 147 cm³/mol. The van der Waals surface area contributed by atoms with Crippen molar-refractivity contribution in [1.29, 1.82) is 0 Å². The molecule has 0 atom stereocenters. The number of rotatable bonds is 8. The van der Waals surface area contributed by atoms with Crippen LogP contribution in [0.3, 0.4) is 0 Å². The number of halogens is 1. The molecule has 2 N–H and O–H groups in total. The summed E-state index contributed by atoms with van der Waals surface area (Å²) < 4.78 is 2.02. The van der Waals surface area contributed by atoms with Gasteiger partial charge in [-0.1, -0.05) is 36.7 Å². The highest BCUT2D eigenvalue weighted by Gasteiger charge is 2.29. The van der Waals surface area contributed by atoms with Crippen LogP contribution in [0.4, 0.5) is 17.1 Å². The first-order valence-corrected chi connectivity index (χ1v) is 12.0. The number of hydrogen-bond donors (Lipinski definition) is 1. The van der Waals surface area contributed by atoms with E-state index in [0.29, 0.717) is 53.0 Å². The molecule has 0 fully saturated rings. The third-order valence-electron chi connectivity index (χ3n) is 6.36. The summed E-state index contributed by atoms with van der Waals surface area (Å²) in [7, 11) is 7.73. The highest BCUT2D eigenvalue weighted by atomic mass is 35.5. The number of para-hydroxylation sites is 1. The quantitative estimate of drug-likeness (QED) is 0.203. The standard InChI is InChI=1S/C26H30ClN7O2/c1-6-16-20(28)13-22(34(35)36)25(32(4)12-11-31(2)3)23(16)26-29-14-19(27)24(30-26)18-15-33(5)21-10-8-7-9-17(18)21/h7-10,13-15H,6,11-12,28H2,1-5H3. The number of aromatic nitrogens is 3. The first-order chi connectivity index (χ1) is 17.1. The van der Waals surface area contributed by atoms with Gasteiger partial charge in [-0.2, -0.15) is 0 Å². The number of hydrogen-bond acceptors (Lipinski definition) is 7. The Morgan fingerprint density at radius 3 is 2.58 bits per heavy atom. The van der Waals surface area contributed by atoms with Crippen LogP contribution < -0.4 is 10.6 Å². The van der Waals surface area contributed by atoms with Gasteiger partial charge < -0.3 is 20.1 Å². The minimum Gasteiger partial charge on any atom is -0.398 e. The number of aryl methyl sites for hydroxylation is 1. The lowest BCUT2D eigenvalue weighted by molar-refractivity contribution is -0.384. The summed E-state index contributed by atoms with van der Waals surface area (Å²) in [5.74, 6) is 0.348. The van der Waals surface area contributed by atoms with E-state index in [0.717, 1.165) is 22.0 Å². The van der Waals surface area contributed by atoms with E-state index < -0.39 is 4.92 Å². The van der Waals surface area contributed by atoms with Crippen molar-refractivity contribution in [1.82, 2.24) is 19.4 Å². The third-order valence-corrected chi connectivity index (χ3v) is 6.63. The first kappa shape index (κ1) is 25.4. The van der Waals surface area contributed by atoms with Crippen LogP contribution in [0.1, 0.15) is 12.5 Å². The average Bonchev–Trinajstić information content (AvgIpc) is 3.18. The number of fused-ring (bicyclic) bond motifs is 1. The Hall–Kier alpha value is -3.69. The van der Waals surface area contributed by atoms with Gasteiger partial charge in [0.05, 0.1) is 27.4 Å². The van der Waals surface area contributed by atoms with Gasteiger partial charge in [-0.3, -0.25) is 10.1 Å². The van der Waals surface area contributed by atoms with Gasteiger partial charge in [-0.15, -0.1) is 0 Å². The molecule has 2 aromatic carbocycles. The van der Waals surface area contributed by atoms with E-state index in [1.165, 1.54) is 6.07 Å². The van der Waals surface area contributed by atoms with Gasteiger partial charge in [0.2, 0.25) is 0 Å². The number of anilines is 2. The van der Waals surface area contributed by atoms with Gasteiger partial charge >= 0.3 is 0 Å². The summed E-state index contributed by atoms with van der Waals surface area (Å²) in [6.45, 7) is 3.24. The zero-order valence-electron chi connectivity index (χ0n) is 21.1. The summed E-state index contributed by atoms with van der Waals surface area (Å²) in [5, 5.41) is 13.5. The second kappa shape index (κ2) is 10.1. The van der Waals surface area contributed by atoms with E-state index in [2.05, 4.69) is 4.98 Å². The molecule has 0 aliphatic carbocycles. The molecule has 0 aliphatic rings. The zero-order valence-corrected chi connectivity index (χ0v) is 21.9. The Labute approximate surface area is 215 Å². The van der Waals surface area contributed by atoms with Crippen LogP contribution in [0.5, 0.6) is 0 Å². The lowest BCUT2D eigenvalue weighted by atomic mass is 9.97. The van der Waals surface area contributed by atoms with Crippen LogP contribution in [0, 0.1) is 10.1 Å². The number of nitro benzene ring substituents is 1. The molecule has 2 aromatic heterocycles. The summed E-state index contributed by atoms with van der Waals surface area (Å²) in [4.78, 5) is 25.1. The molecule has 0 spiro atoms. The van der Waals surface area contributed by atoms with E-state index in [-0.39, 0.29) is 5.69 Å². The highest BCUT2D eigenvalue weighted by molar-refractivity contribution is 6.33. The van der Waals surface area contributed by atoms with E-state index in [1.54, 1.807) is 6.20 Å². The molecule has 0 saturated carbocycles.